The first-order chi connectivity index (χ1) is 13.0. The van der Waals surface area contributed by atoms with E-state index >= 15 is 0 Å². The summed E-state index contributed by atoms with van der Waals surface area (Å²) in [6.07, 6.45) is 11.7. The van der Waals surface area contributed by atoms with Gasteiger partial charge in [0.2, 0.25) is 0 Å². The van der Waals surface area contributed by atoms with E-state index in [1.807, 2.05) is 19.9 Å². The molecule has 0 unspecified atom stereocenters. The van der Waals surface area contributed by atoms with Crippen LogP contribution in [-0.4, -0.2) is 23.3 Å². The number of rotatable bonds is 15. The largest absolute Gasteiger partial charge is 0.491 e. The number of hydrogen-bond acceptors (Lipinski definition) is 3. The second kappa shape index (κ2) is 13.5. The Labute approximate surface area is 165 Å². The molecule has 0 saturated carbocycles. The van der Waals surface area contributed by atoms with Gasteiger partial charge in [-0.1, -0.05) is 52.4 Å². The Morgan fingerprint density at radius 1 is 0.815 bits per heavy atom. The van der Waals surface area contributed by atoms with Crippen molar-refractivity contribution < 1.29 is 19.4 Å². The third-order valence-corrected chi connectivity index (χ3v) is 4.73. The third kappa shape index (κ3) is 10.3. The van der Waals surface area contributed by atoms with E-state index in [0.29, 0.717) is 11.5 Å². The Hall–Kier alpha value is -1.71. The molecule has 0 aliphatic carbocycles. The fraction of sp³-hybridized carbons (Fsp3) is 0.696. The third-order valence-electron chi connectivity index (χ3n) is 4.73. The van der Waals surface area contributed by atoms with Gasteiger partial charge in [-0.15, -0.1) is 0 Å². The number of carboxylic acids is 1. The van der Waals surface area contributed by atoms with E-state index in [1.165, 1.54) is 38.5 Å². The molecule has 2 atom stereocenters. The number of hydrogen-bond donors (Lipinski definition) is 1. The van der Waals surface area contributed by atoms with Crippen LogP contribution in [0.5, 0.6) is 11.5 Å². The number of ether oxygens (including phenoxy) is 2. The molecule has 0 aliphatic rings. The van der Waals surface area contributed by atoms with E-state index in [9.17, 15) is 9.90 Å². The monoisotopic (exact) mass is 378 g/mol. The Kier molecular flexibility index (Phi) is 11.6. The predicted octanol–water partition coefficient (Wildman–Crippen LogP) is 6.86. The lowest BCUT2D eigenvalue weighted by Crippen LogP contribution is -2.14. The van der Waals surface area contributed by atoms with Gasteiger partial charge in [0, 0.05) is 6.07 Å². The highest BCUT2D eigenvalue weighted by atomic mass is 16.5. The van der Waals surface area contributed by atoms with Crippen molar-refractivity contribution in [3.8, 4) is 11.5 Å². The topological polar surface area (TPSA) is 55.8 Å². The normalized spacial score (nSPS) is 13.2. The molecular weight excluding hydrogens is 340 g/mol. The Morgan fingerprint density at radius 2 is 1.26 bits per heavy atom. The summed E-state index contributed by atoms with van der Waals surface area (Å²) in [5, 5.41) is 9.39. The van der Waals surface area contributed by atoms with Crippen LogP contribution in [0.3, 0.4) is 0 Å². The minimum absolute atomic E-state index is 0.0604. The first kappa shape index (κ1) is 23.3. The van der Waals surface area contributed by atoms with Gasteiger partial charge >= 0.3 is 5.97 Å². The average molecular weight is 379 g/mol. The van der Waals surface area contributed by atoms with Crippen molar-refractivity contribution in [2.24, 2.45) is 0 Å². The minimum Gasteiger partial charge on any atom is -0.491 e. The van der Waals surface area contributed by atoms with E-state index in [0.717, 1.165) is 25.7 Å². The van der Waals surface area contributed by atoms with E-state index in [-0.39, 0.29) is 17.8 Å². The molecule has 0 saturated heterocycles. The second-order valence-corrected chi connectivity index (χ2v) is 7.55. The average Bonchev–Trinajstić information content (AvgIpc) is 2.62. The molecule has 0 fully saturated rings. The molecule has 1 aromatic rings. The van der Waals surface area contributed by atoms with Crippen LogP contribution >= 0.6 is 0 Å². The van der Waals surface area contributed by atoms with Crippen LogP contribution in [0.2, 0.25) is 0 Å². The van der Waals surface area contributed by atoms with Crippen LogP contribution in [0.1, 0.15) is 102 Å². The number of carbonyl (C=O) groups is 1. The number of aromatic carboxylic acids is 1. The SMILES string of the molecule is CCCCCC[C@@H](C)Oc1cc(O[C@H](C)CCCCCC)cc(C(=O)O)c1. The highest BCUT2D eigenvalue weighted by Gasteiger charge is 2.13. The Morgan fingerprint density at radius 3 is 1.63 bits per heavy atom. The van der Waals surface area contributed by atoms with Gasteiger partial charge in [0.25, 0.3) is 0 Å². The summed E-state index contributed by atoms with van der Waals surface area (Å²) in [5.74, 6) is 0.189. The lowest BCUT2D eigenvalue weighted by molar-refractivity contribution is 0.0695. The summed E-state index contributed by atoms with van der Waals surface area (Å²) < 4.78 is 12.0. The lowest BCUT2D eigenvalue weighted by atomic mass is 10.1. The van der Waals surface area contributed by atoms with Gasteiger partial charge in [-0.3, -0.25) is 0 Å². The van der Waals surface area contributed by atoms with E-state index in [4.69, 9.17) is 9.47 Å². The Balaban J connectivity index is 2.66. The quantitative estimate of drug-likeness (QED) is 0.339. The van der Waals surface area contributed by atoms with Crippen LogP contribution in [0.25, 0.3) is 0 Å². The second-order valence-electron chi connectivity index (χ2n) is 7.55. The van der Waals surface area contributed by atoms with Gasteiger partial charge in [0.05, 0.1) is 17.8 Å². The fourth-order valence-electron chi connectivity index (χ4n) is 3.13. The molecule has 0 heterocycles. The molecule has 27 heavy (non-hydrogen) atoms. The van der Waals surface area contributed by atoms with E-state index < -0.39 is 5.97 Å². The number of carboxylic acid groups (broad SMARTS) is 1. The van der Waals surface area contributed by atoms with Crippen LogP contribution in [0.4, 0.5) is 0 Å². The molecule has 0 aliphatic heterocycles. The summed E-state index contributed by atoms with van der Waals surface area (Å²) in [4.78, 5) is 11.5. The van der Waals surface area contributed by atoms with Gasteiger partial charge in [-0.25, -0.2) is 4.79 Å². The molecule has 154 valence electrons. The van der Waals surface area contributed by atoms with Crippen LogP contribution in [-0.2, 0) is 0 Å². The van der Waals surface area contributed by atoms with Gasteiger partial charge in [0.15, 0.2) is 0 Å². The molecule has 1 rings (SSSR count). The zero-order chi connectivity index (χ0) is 20.1. The zero-order valence-corrected chi connectivity index (χ0v) is 17.6. The molecule has 1 N–H and O–H groups in total. The lowest BCUT2D eigenvalue weighted by Gasteiger charge is -2.18. The van der Waals surface area contributed by atoms with Crippen LogP contribution in [0.15, 0.2) is 18.2 Å². The summed E-state index contributed by atoms with van der Waals surface area (Å²) in [6, 6.07) is 4.99. The van der Waals surface area contributed by atoms with Gasteiger partial charge in [-0.2, -0.15) is 0 Å². The molecule has 0 amide bonds. The molecule has 0 bridgehead atoms. The molecule has 4 heteroatoms. The summed E-state index contributed by atoms with van der Waals surface area (Å²) in [5.41, 5.74) is 0.207. The first-order valence-corrected chi connectivity index (χ1v) is 10.7. The molecule has 0 aromatic heterocycles. The van der Waals surface area contributed by atoms with E-state index in [2.05, 4.69) is 13.8 Å². The molecule has 0 radical (unpaired) electrons. The van der Waals surface area contributed by atoms with Crippen molar-refractivity contribution in [1.29, 1.82) is 0 Å². The molecule has 1 aromatic carbocycles. The summed E-state index contributed by atoms with van der Waals surface area (Å²) in [7, 11) is 0. The van der Waals surface area contributed by atoms with Gasteiger partial charge in [-0.05, 0) is 51.7 Å². The van der Waals surface area contributed by atoms with Crippen molar-refractivity contribution in [1.82, 2.24) is 0 Å². The summed E-state index contributed by atoms with van der Waals surface area (Å²) in [6.45, 7) is 8.47. The zero-order valence-electron chi connectivity index (χ0n) is 17.6. The minimum atomic E-state index is -0.962. The predicted molar refractivity (Wildman–Crippen MR) is 111 cm³/mol. The maximum Gasteiger partial charge on any atom is 0.335 e. The molecular formula is C23H38O4. The van der Waals surface area contributed by atoms with Gasteiger partial charge < -0.3 is 14.6 Å². The maximum atomic E-state index is 11.5. The molecule has 0 spiro atoms. The van der Waals surface area contributed by atoms with Crippen molar-refractivity contribution in [3.05, 3.63) is 23.8 Å². The van der Waals surface area contributed by atoms with Crippen molar-refractivity contribution in [2.45, 2.75) is 104 Å². The first-order valence-electron chi connectivity index (χ1n) is 10.7. The number of unbranched alkanes of at least 4 members (excludes halogenated alkanes) is 6. The Bertz CT molecular complexity index is 503. The van der Waals surface area contributed by atoms with Crippen molar-refractivity contribution in [2.75, 3.05) is 0 Å². The van der Waals surface area contributed by atoms with Crippen molar-refractivity contribution in [3.63, 3.8) is 0 Å². The van der Waals surface area contributed by atoms with Crippen LogP contribution < -0.4 is 9.47 Å². The van der Waals surface area contributed by atoms with Gasteiger partial charge in [0.1, 0.15) is 11.5 Å². The highest BCUT2D eigenvalue weighted by molar-refractivity contribution is 5.88. The standard InChI is InChI=1S/C23H38O4/c1-5-7-9-11-13-18(3)26-21-15-20(23(24)25)16-22(17-21)27-19(4)14-12-10-8-6-2/h15-19H,5-14H2,1-4H3,(H,24,25)/t18-,19-/m1/s1. The van der Waals surface area contributed by atoms with Crippen LogP contribution in [0, 0.1) is 0 Å². The maximum absolute atomic E-state index is 11.5. The van der Waals surface area contributed by atoms with Crippen molar-refractivity contribution >= 4 is 5.97 Å². The highest BCUT2D eigenvalue weighted by Crippen LogP contribution is 2.26. The smallest absolute Gasteiger partial charge is 0.335 e. The summed E-state index contributed by atoms with van der Waals surface area (Å²) >= 11 is 0. The molecule has 4 nitrogen and oxygen atoms in total. The fourth-order valence-corrected chi connectivity index (χ4v) is 3.13. The van der Waals surface area contributed by atoms with E-state index in [1.54, 1.807) is 12.1 Å². The number of benzene rings is 1.